The van der Waals surface area contributed by atoms with Crippen LogP contribution in [0.5, 0.6) is 0 Å². The van der Waals surface area contributed by atoms with Crippen LogP contribution in [-0.2, 0) is 22.9 Å². The van der Waals surface area contributed by atoms with Gasteiger partial charge in [0, 0.05) is 4.88 Å². The molecule has 1 N–H and O–H groups in total. The summed E-state index contributed by atoms with van der Waals surface area (Å²) in [6, 6.07) is 3.30. The van der Waals surface area contributed by atoms with Crippen molar-refractivity contribution in [2.24, 2.45) is 0 Å². The molecule has 4 nitrogen and oxygen atoms in total. The van der Waals surface area contributed by atoms with Gasteiger partial charge in [-0.05, 0) is 43.9 Å². The van der Waals surface area contributed by atoms with Crippen molar-refractivity contribution in [2.45, 2.75) is 30.6 Å². The smallest absolute Gasteiger partial charge is 0.255 e. The molecule has 0 bridgehead atoms. The quantitative estimate of drug-likeness (QED) is 0.923. The van der Waals surface area contributed by atoms with Crippen LogP contribution >= 0.6 is 22.9 Å². The van der Waals surface area contributed by atoms with Gasteiger partial charge < -0.3 is 0 Å². The van der Waals surface area contributed by atoms with Gasteiger partial charge in [-0.25, -0.2) is 17.8 Å². The Kier molecular flexibility index (Phi) is 3.90. The Balaban J connectivity index is 1.88. The molecule has 1 aromatic heterocycles. The van der Waals surface area contributed by atoms with E-state index in [1.807, 2.05) is 0 Å². The number of hydrogen-bond acceptors (Lipinski definition) is 4. The highest BCUT2D eigenvalue weighted by Crippen LogP contribution is 2.31. The molecule has 0 atom stereocenters. The van der Waals surface area contributed by atoms with Crippen LogP contribution in [0.25, 0.3) is 0 Å². The largest absolute Gasteiger partial charge is 0.263 e. The van der Waals surface area contributed by atoms with Crippen LogP contribution in [0.3, 0.4) is 0 Å². The predicted octanol–water partition coefficient (Wildman–Crippen LogP) is 3.62. The minimum absolute atomic E-state index is 0.0814. The Bertz CT molecular complexity index is 766. The van der Waals surface area contributed by atoms with E-state index in [1.54, 1.807) is 0 Å². The van der Waals surface area contributed by atoms with E-state index >= 15 is 0 Å². The van der Waals surface area contributed by atoms with Crippen LogP contribution in [0.15, 0.2) is 23.1 Å². The molecule has 21 heavy (non-hydrogen) atoms. The monoisotopic (exact) mass is 346 g/mol. The van der Waals surface area contributed by atoms with Crippen molar-refractivity contribution >= 4 is 38.1 Å². The number of aryl methyl sites for hydroxylation is 2. The number of thiazole rings is 1. The summed E-state index contributed by atoms with van der Waals surface area (Å²) in [6.45, 7) is 0. The second kappa shape index (κ2) is 5.55. The Labute approximate surface area is 131 Å². The average Bonchev–Trinajstić information content (AvgIpc) is 2.82. The Morgan fingerprint density at radius 2 is 2.05 bits per heavy atom. The highest BCUT2D eigenvalue weighted by molar-refractivity contribution is 7.93. The second-order valence-corrected chi connectivity index (χ2v) is 7.95. The van der Waals surface area contributed by atoms with Gasteiger partial charge in [-0.1, -0.05) is 11.6 Å². The Hall–Kier alpha value is -1.18. The van der Waals surface area contributed by atoms with Crippen LogP contribution in [0.2, 0.25) is 5.02 Å². The first-order valence-corrected chi connectivity index (χ1v) is 9.10. The summed E-state index contributed by atoms with van der Waals surface area (Å²) in [5, 5.41) is 0.124. The molecule has 0 aliphatic heterocycles. The van der Waals surface area contributed by atoms with Crippen molar-refractivity contribution in [3.8, 4) is 0 Å². The van der Waals surface area contributed by atoms with Gasteiger partial charge >= 0.3 is 0 Å². The fourth-order valence-electron chi connectivity index (χ4n) is 2.21. The summed E-state index contributed by atoms with van der Waals surface area (Å²) in [4.78, 5) is 5.38. The summed E-state index contributed by atoms with van der Waals surface area (Å²) in [5.74, 6) is -0.652. The molecule has 2 aromatic rings. The summed E-state index contributed by atoms with van der Waals surface area (Å²) in [6.07, 6.45) is 4.01. The minimum Gasteiger partial charge on any atom is -0.255 e. The van der Waals surface area contributed by atoms with Crippen LogP contribution in [-0.4, -0.2) is 13.4 Å². The van der Waals surface area contributed by atoms with Crippen LogP contribution in [0, 0.1) is 5.82 Å². The highest BCUT2D eigenvalue weighted by Gasteiger charge is 2.20. The topological polar surface area (TPSA) is 59.1 Å². The molecule has 1 aromatic carbocycles. The van der Waals surface area contributed by atoms with Gasteiger partial charge in [0.2, 0.25) is 0 Å². The SMILES string of the molecule is O=S(=O)(Nc1nc2c(s1)CCCC2)c1ccc(F)c(Cl)c1. The number of fused-ring (bicyclic) bond motifs is 1. The lowest BCUT2D eigenvalue weighted by Gasteiger charge is -2.06. The van der Waals surface area contributed by atoms with E-state index in [0.717, 1.165) is 48.4 Å². The van der Waals surface area contributed by atoms with Gasteiger partial charge in [0.05, 0.1) is 15.6 Å². The number of aromatic nitrogens is 1. The standard InChI is InChI=1S/C13H12ClFN2O2S2/c14-9-7-8(5-6-10(9)15)21(18,19)17-13-16-11-3-1-2-4-12(11)20-13/h5-7H,1-4H2,(H,16,17). The summed E-state index contributed by atoms with van der Waals surface area (Å²) >= 11 is 6.98. The lowest BCUT2D eigenvalue weighted by atomic mass is 10.0. The molecule has 112 valence electrons. The van der Waals surface area contributed by atoms with Crippen molar-refractivity contribution in [3.05, 3.63) is 39.6 Å². The fourth-order valence-corrected chi connectivity index (χ4v) is 4.77. The number of rotatable bonds is 3. The maximum atomic E-state index is 13.1. The van der Waals surface area contributed by atoms with E-state index in [2.05, 4.69) is 9.71 Å². The molecule has 0 radical (unpaired) electrons. The number of halogens is 2. The Morgan fingerprint density at radius 1 is 1.29 bits per heavy atom. The fraction of sp³-hybridized carbons (Fsp3) is 0.308. The van der Waals surface area contributed by atoms with E-state index < -0.39 is 15.8 Å². The maximum Gasteiger partial charge on any atom is 0.263 e. The van der Waals surface area contributed by atoms with Crippen molar-refractivity contribution in [1.82, 2.24) is 4.98 Å². The first-order valence-electron chi connectivity index (χ1n) is 6.42. The zero-order valence-corrected chi connectivity index (χ0v) is 13.3. The highest BCUT2D eigenvalue weighted by atomic mass is 35.5. The van der Waals surface area contributed by atoms with E-state index in [-0.39, 0.29) is 9.92 Å². The van der Waals surface area contributed by atoms with Crippen molar-refractivity contribution in [3.63, 3.8) is 0 Å². The molecule has 0 spiro atoms. The number of sulfonamides is 1. The number of nitrogens with one attached hydrogen (secondary N) is 1. The zero-order valence-electron chi connectivity index (χ0n) is 10.9. The molecule has 0 saturated carbocycles. The maximum absolute atomic E-state index is 13.1. The first-order chi connectivity index (χ1) is 9.95. The normalized spacial score (nSPS) is 14.8. The zero-order chi connectivity index (χ0) is 15.0. The van der Waals surface area contributed by atoms with E-state index in [0.29, 0.717) is 5.13 Å². The molecule has 1 aliphatic carbocycles. The molecule has 0 saturated heterocycles. The molecule has 0 amide bonds. The molecule has 0 unspecified atom stereocenters. The van der Waals surface area contributed by atoms with Crippen LogP contribution in [0.1, 0.15) is 23.4 Å². The van der Waals surface area contributed by atoms with Crippen LogP contribution < -0.4 is 4.72 Å². The molecule has 3 rings (SSSR count). The minimum atomic E-state index is -3.81. The van der Waals surface area contributed by atoms with Gasteiger partial charge in [0.25, 0.3) is 10.0 Å². The van der Waals surface area contributed by atoms with Gasteiger partial charge in [-0.3, -0.25) is 4.72 Å². The number of nitrogens with zero attached hydrogens (tertiary/aromatic N) is 1. The third-order valence-electron chi connectivity index (χ3n) is 3.27. The predicted molar refractivity (Wildman–Crippen MR) is 81.0 cm³/mol. The van der Waals surface area contributed by atoms with Crippen LogP contribution in [0.4, 0.5) is 9.52 Å². The van der Waals surface area contributed by atoms with Crippen molar-refractivity contribution in [1.29, 1.82) is 0 Å². The molecule has 1 aliphatic rings. The molecule has 1 heterocycles. The van der Waals surface area contributed by atoms with Crippen molar-refractivity contribution in [2.75, 3.05) is 4.72 Å². The number of anilines is 1. The summed E-state index contributed by atoms with van der Waals surface area (Å²) in [7, 11) is -3.81. The average molecular weight is 347 g/mol. The van der Waals surface area contributed by atoms with Gasteiger partial charge in [-0.2, -0.15) is 0 Å². The van der Waals surface area contributed by atoms with E-state index in [1.165, 1.54) is 17.4 Å². The third kappa shape index (κ3) is 3.04. The molecular formula is C13H12ClFN2O2S2. The van der Waals surface area contributed by atoms with Gasteiger partial charge in [0.15, 0.2) is 5.13 Å². The summed E-state index contributed by atoms with van der Waals surface area (Å²) in [5.41, 5.74) is 0.973. The summed E-state index contributed by atoms with van der Waals surface area (Å²) < 4.78 is 40.1. The first kappa shape index (κ1) is 14.7. The second-order valence-electron chi connectivity index (χ2n) is 4.78. The third-order valence-corrected chi connectivity index (χ3v) is 6.10. The molecule has 8 heteroatoms. The number of benzene rings is 1. The number of hydrogen-bond donors (Lipinski definition) is 1. The van der Waals surface area contributed by atoms with Crippen molar-refractivity contribution < 1.29 is 12.8 Å². The lowest BCUT2D eigenvalue weighted by Crippen LogP contribution is -2.13. The lowest BCUT2D eigenvalue weighted by molar-refractivity contribution is 0.599. The van der Waals surface area contributed by atoms with E-state index in [9.17, 15) is 12.8 Å². The van der Waals surface area contributed by atoms with Gasteiger partial charge in [-0.15, -0.1) is 11.3 Å². The molecular weight excluding hydrogens is 335 g/mol. The molecule has 0 fully saturated rings. The van der Waals surface area contributed by atoms with Gasteiger partial charge in [0.1, 0.15) is 5.82 Å². The van der Waals surface area contributed by atoms with E-state index in [4.69, 9.17) is 11.6 Å². The Morgan fingerprint density at radius 3 is 2.76 bits per heavy atom.